The van der Waals surface area contributed by atoms with Gasteiger partial charge in [0.2, 0.25) is 82.7 Å². The number of aromatic hydroxyl groups is 2. The van der Waals surface area contributed by atoms with Crippen LogP contribution in [0.2, 0.25) is 0 Å². The summed E-state index contributed by atoms with van der Waals surface area (Å²) in [6, 6.07) is -2.22. The lowest BCUT2D eigenvalue weighted by atomic mass is 10.00. The molecule has 20 amide bonds. The number of hydrogen-bond acceptors (Lipinski definition) is 27. The highest BCUT2D eigenvalue weighted by Gasteiger charge is 2.43. The Labute approximate surface area is 834 Å². The number of fused-ring (bicyclic) bond motifs is 2. The van der Waals surface area contributed by atoms with Crippen molar-refractivity contribution in [3.05, 3.63) is 108 Å². The van der Waals surface area contributed by atoms with Gasteiger partial charge in [0.25, 0.3) is 0 Å². The summed E-state index contributed by atoms with van der Waals surface area (Å²) in [5.41, 5.74) is 58.2. The van der Waals surface area contributed by atoms with Crippen LogP contribution in [-0.2, 0) is 86.4 Å². The molecule has 2 aliphatic rings. The number of nitrogens with two attached hydrogens (primary N) is 10. The van der Waals surface area contributed by atoms with Gasteiger partial charge in [-0.3, -0.25) is 83.4 Å². The van der Waals surface area contributed by atoms with Gasteiger partial charge in [-0.05, 0) is 193 Å². The van der Waals surface area contributed by atoms with Gasteiger partial charge in [-0.2, -0.15) is 0 Å². The van der Waals surface area contributed by atoms with E-state index in [0.29, 0.717) is 29.4 Å². The van der Waals surface area contributed by atoms with Crippen molar-refractivity contribution in [2.24, 2.45) is 57.3 Å². The number of primary amides is 4. The molecule has 4 aromatic rings. The number of carbonyl (C=O) groups is 17. The predicted molar refractivity (Wildman–Crippen MR) is 535 cm³/mol. The fourth-order valence-electron chi connectivity index (χ4n) is 15.5. The molecule has 6 rings (SSSR count). The number of carbonyl (C=O) groups excluding carboxylic acids is 17. The molecule has 0 radical (unpaired) electrons. The first kappa shape index (κ1) is 117. The molecule has 0 bridgehead atoms. The number of amides is 20. The van der Waals surface area contributed by atoms with Crippen molar-refractivity contribution in [3.8, 4) is 11.5 Å². The summed E-state index contributed by atoms with van der Waals surface area (Å²) in [5.74, 6) is -17.1. The van der Waals surface area contributed by atoms with Crippen LogP contribution >= 0.6 is 21.6 Å². The summed E-state index contributed by atoms with van der Waals surface area (Å²) in [7, 11) is 1.50. The number of nitrogens with one attached hydrogen (secondary N) is 21. The van der Waals surface area contributed by atoms with Crippen molar-refractivity contribution in [1.82, 2.24) is 101 Å². The van der Waals surface area contributed by atoms with E-state index in [1.807, 2.05) is 6.07 Å². The second-order valence-corrected chi connectivity index (χ2v) is 37.0. The number of hydrogen-bond donors (Lipinski definition) is 33. The van der Waals surface area contributed by atoms with E-state index < -0.39 is 221 Å². The lowest BCUT2D eigenvalue weighted by Gasteiger charge is -2.31. The summed E-state index contributed by atoms with van der Waals surface area (Å²) in [6.07, 6.45) is -1.55. The summed E-state index contributed by atoms with van der Waals surface area (Å²) >= 11 is 0. The third kappa shape index (κ3) is 43.7. The molecule has 0 unspecified atom stereocenters. The minimum Gasteiger partial charge on any atom is -0.508 e. The average molecular weight is 2040 g/mol. The topological polar surface area (TPSA) is 882 Å². The summed E-state index contributed by atoms with van der Waals surface area (Å²) in [5, 5.41) is 93.2. The highest BCUT2D eigenvalue weighted by Crippen LogP contribution is 2.27. The third-order valence-corrected chi connectivity index (χ3v) is 25.5. The first-order valence-corrected chi connectivity index (χ1v) is 49.7. The quantitative estimate of drug-likeness (QED) is 0.00847. The molecule has 2 aliphatic heterocycles. The Balaban J connectivity index is 1.61. The van der Waals surface area contributed by atoms with Gasteiger partial charge in [0.15, 0.2) is 17.9 Å². The molecular formula is C90H140N32O19S2. The van der Waals surface area contributed by atoms with Gasteiger partial charge in [0, 0.05) is 76.6 Å². The van der Waals surface area contributed by atoms with Gasteiger partial charge in [-0.15, -0.1) is 0 Å². The van der Waals surface area contributed by atoms with Crippen LogP contribution in [0.3, 0.4) is 0 Å². The van der Waals surface area contributed by atoms with Crippen molar-refractivity contribution < 1.29 is 91.7 Å². The lowest BCUT2D eigenvalue weighted by Crippen LogP contribution is -2.61. The smallest absolute Gasteiger partial charge is 0.312 e. The number of guanidine groups is 3. The molecule has 51 nitrogen and oxygen atoms in total. The maximum absolute atomic E-state index is 16.0. The number of benzene rings is 4. The van der Waals surface area contributed by atoms with E-state index >= 15 is 57.5 Å². The molecule has 143 heavy (non-hydrogen) atoms. The van der Waals surface area contributed by atoms with Crippen LogP contribution in [0, 0.1) is 16.2 Å². The van der Waals surface area contributed by atoms with Crippen molar-refractivity contribution >= 4 is 151 Å². The third-order valence-electron chi connectivity index (χ3n) is 23.1. The van der Waals surface area contributed by atoms with Gasteiger partial charge in [-0.1, -0.05) is 88.3 Å². The molecule has 2 saturated heterocycles. The van der Waals surface area contributed by atoms with Gasteiger partial charge < -0.3 is 168 Å². The van der Waals surface area contributed by atoms with E-state index in [0.717, 1.165) is 27.0 Å². The van der Waals surface area contributed by atoms with Crippen LogP contribution in [0.15, 0.2) is 91.0 Å². The SMILES string of the molecule is N=C(N)NCCC[C@H](NC(=O)[C@@H]1CSSC[C@H](NC(=O)[C@H](Cc2ccc3ccccc3c2)NC(=O)[C@H](CCCNC(=N)N)NC(=O)[C@@H](N)CCCNC(N)=O)C(=O)N[C@@H](Cc2ccc(O)cc2)C(=O)N[C@@H](CCCNC(N)=O)C(=O)N[C@@H](CCCCN)C(=O)N[C@H](CCCCN)C(=O)N2CCC[C@H]2C(=O)N[C@@H](Cc2ccc(O)cc2)C(=O)N[C@@H](CCCNC(=N)N)C(=O)N[C@@H](CCCNC(N)=O)C(=O)N1)C(N)=O. The van der Waals surface area contributed by atoms with Crippen molar-refractivity contribution in [2.75, 3.05) is 70.4 Å². The number of phenols is 2. The van der Waals surface area contributed by atoms with E-state index in [9.17, 15) is 34.2 Å². The summed E-state index contributed by atoms with van der Waals surface area (Å²) in [6.45, 7) is -0.260. The second-order valence-electron chi connectivity index (χ2n) is 34.4. The summed E-state index contributed by atoms with van der Waals surface area (Å²) < 4.78 is 0. The molecule has 2 fully saturated rings. The molecule has 43 N–H and O–H groups in total. The van der Waals surface area contributed by atoms with Crippen LogP contribution in [0.25, 0.3) is 10.8 Å². The first-order chi connectivity index (χ1) is 68.2. The van der Waals surface area contributed by atoms with E-state index in [-0.39, 0.29) is 204 Å². The highest BCUT2D eigenvalue weighted by molar-refractivity contribution is 8.76. The first-order valence-electron chi connectivity index (χ1n) is 47.2. The predicted octanol–water partition coefficient (Wildman–Crippen LogP) is -6.31. The summed E-state index contributed by atoms with van der Waals surface area (Å²) in [4.78, 5) is 250. The molecule has 0 spiro atoms. The Bertz CT molecular complexity index is 4980. The number of nitrogens with zero attached hydrogens (tertiary/aromatic N) is 1. The van der Waals surface area contributed by atoms with Crippen molar-refractivity contribution in [2.45, 2.75) is 232 Å². The zero-order chi connectivity index (χ0) is 105. The molecule has 0 saturated carbocycles. The van der Waals surface area contributed by atoms with Crippen molar-refractivity contribution in [1.29, 1.82) is 16.2 Å². The Kier molecular flexibility index (Phi) is 51.4. The van der Waals surface area contributed by atoms with Gasteiger partial charge in [0.05, 0.1) is 6.04 Å². The number of urea groups is 3. The molecule has 4 aromatic carbocycles. The zero-order valence-electron chi connectivity index (χ0n) is 79.7. The van der Waals surface area contributed by atoms with Crippen LogP contribution in [0.5, 0.6) is 11.5 Å². The Morgan fingerprint density at radius 3 is 1.29 bits per heavy atom. The number of phenolic OH excluding ortho intramolecular Hbond substituents is 2. The van der Waals surface area contributed by atoms with E-state index in [2.05, 4.69) is 95.7 Å². The molecule has 53 heteroatoms. The Hall–Kier alpha value is -14.5. The molecular weight excluding hydrogens is 1900 g/mol. The number of unbranched alkanes of at least 4 members (excludes halogenated alkanes) is 2. The Morgan fingerprint density at radius 2 is 0.804 bits per heavy atom. The molecule has 0 aliphatic carbocycles. The van der Waals surface area contributed by atoms with Crippen LogP contribution in [0.1, 0.15) is 145 Å². The maximum Gasteiger partial charge on any atom is 0.312 e. The standard InChI is InChI=1S/C90H140N32O19S2/c91-35-5-3-17-59-75(129)116-64(18-4-6-36-92)84(138)122-43-13-24-70(122)83(137)119-66(46-51-28-33-56(124)34-29-51)79(133)115-61(21-10-39-106-87(99)100)74(128)113-63(23-12-42-109-90(103)141)77(131)120-68(81(135)110-58(71(94)125)19-8-37-104-85(95)96)48-142-143-49-69(82(136)118-65(45-50-26-31-55(123)32-27-50)78(132)114-62(73(127)112-59)22-11-41-108-89(102)140)121-80(134)67(47-52-25-30-53-14-1-2-15-54(53)44-52)117-76(130)60(20-9-38-105-86(97)98)111-72(126)57(93)16-7-40-107-88(101)139/h1-2,14-15,25-34,44,57-70,123-124H,3-13,16-24,35-43,45-49,91-93H2,(H2,94,125)(H,110,135)(H,111,126)(H,112,127)(H,113,128)(H,114,132)(H,115,133)(H,116,129)(H,117,130)(H,118,136)(H,119,137)(H,120,131)(H,121,134)(H4,95,96,104)(H4,97,98,105)(H4,99,100,106)(H3,101,107,139)(H3,102,108,140)(H3,103,109,141)/t57-,58-,59-,60-,61-,62-,63-,64+,65-,66-,67-,68-,69-,70-/m0/s1. The minimum absolute atomic E-state index is 0.00162. The van der Waals surface area contributed by atoms with E-state index in [1.54, 1.807) is 36.4 Å². The van der Waals surface area contributed by atoms with Crippen LogP contribution in [-0.4, -0.2) is 289 Å². The van der Waals surface area contributed by atoms with Crippen molar-refractivity contribution in [3.63, 3.8) is 0 Å². The largest absolute Gasteiger partial charge is 0.508 e. The zero-order valence-corrected chi connectivity index (χ0v) is 81.3. The fourth-order valence-corrected chi connectivity index (χ4v) is 17.8. The van der Waals surface area contributed by atoms with E-state index in [1.165, 1.54) is 53.4 Å². The maximum atomic E-state index is 16.0. The minimum atomic E-state index is -1.91. The van der Waals surface area contributed by atoms with Crippen LogP contribution < -0.4 is 153 Å². The molecule has 2 heterocycles. The molecule has 786 valence electrons. The average Bonchev–Trinajstić information content (AvgIpc) is 1.48. The van der Waals surface area contributed by atoms with Gasteiger partial charge in [-0.25, -0.2) is 14.4 Å². The normalized spacial score (nSPS) is 20.2. The highest BCUT2D eigenvalue weighted by atomic mass is 33.1. The number of rotatable bonds is 47. The molecule has 14 atom stereocenters. The van der Waals surface area contributed by atoms with E-state index in [4.69, 9.17) is 73.6 Å². The molecule has 0 aromatic heterocycles. The Morgan fingerprint density at radius 1 is 0.406 bits per heavy atom. The fraction of sp³-hybridized carbons (Fsp3) is 0.533. The van der Waals surface area contributed by atoms with Gasteiger partial charge in [0.1, 0.15) is 90.0 Å². The van der Waals surface area contributed by atoms with Gasteiger partial charge >= 0.3 is 18.1 Å². The monoisotopic (exact) mass is 2040 g/mol. The van der Waals surface area contributed by atoms with Crippen LogP contribution in [0.4, 0.5) is 14.4 Å². The lowest BCUT2D eigenvalue weighted by molar-refractivity contribution is -0.142. The second kappa shape index (κ2) is 62.6.